The molecule has 0 aliphatic carbocycles. The summed E-state index contributed by atoms with van der Waals surface area (Å²) in [5, 5.41) is 4.87. The van der Waals surface area contributed by atoms with Gasteiger partial charge in [0.1, 0.15) is 11.7 Å². The molecule has 164 valence electrons. The molecule has 0 saturated heterocycles. The molecule has 0 spiro atoms. The second-order valence-corrected chi connectivity index (χ2v) is 7.85. The van der Waals surface area contributed by atoms with Gasteiger partial charge in [-0.3, -0.25) is 4.79 Å². The number of carbonyl (C=O) groups excluding carboxylic acids is 2. The first-order valence-corrected chi connectivity index (χ1v) is 10.9. The van der Waals surface area contributed by atoms with Gasteiger partial charge in [0, 0.05) is 29.3 Å². The largest absolute Gasteiger partial charge is 0.467 e. The van der Waals surface area contributed by atoms with E-state index in [1.165, 1.54) is 7.11 Å². The third-order valence-electron chi connectivity index (χ3n) is 5.70. The van der Waals surface area contributed by atoms with E-state index in [1.807, 2.05) is 48.5 Å². The minimum Gasteiger partial charge on any atom is -0.467 e. The third-order valence-corrected chi connectivity index (χ3v) is 5.70. The Hall–Kier alpha value is -3.67. The SMILES string of the molecule is CCCCn1c2ccccc2c2cc(C(=O)N[C@@H](Cc3ccccc3)C(=O)OC)ncc21. The summed E-state index contributed by atoms with van der Waals surface area (Å²) in [6.07, 6.45) is 4.26. The fraction of sp³-hybridized carbons (Fsp3) is 0.269. The van der Waals surface area contributed by atoms with Crippen LogP contribution < -0.4 is 5.32 Å². The summed E-state index contributed by atoms with van der Waals surface area (Å²) in [5.41, 5.74) is 3.35. The van der Waals surface area contributed by atoms with Crippen LogP contribution in [0.4, 0.5) is 0 Å². The normalized spacial score (nSPS) is 12.1. The van der Waals surface area contributed by atoms with Crippen molar-refractivity contribution in [2.75, 3.05) is 7.11 Å². The highest BCUT2D eigenvalue weighted by atomic mass is 16.5. The molecule has 0 aliphatic heterocycles. The van der Waals surface area contributed by atoms with Crippen molar-refractivity contribution in [3.63, 3.8) is 0 Å². The second-order valence-electron chi connectivity index (χ2n) is 7.85. The number of pyridine rings is 1. The Morgan fingerprint density at radius 2 is 1.78 bits per heavy atom. The molecule has 0 saturated carbocycles. The average Bonchev–Trinajstić information content (AvgIpc) is 3.15. The van der Waals surface area contributed by atoms with Crippen LogP contribution >= 0.6 is 0 Å². The van der Waals surface area contributed by atoms with Crippen molar-refractivity contribution in [3.8, 4) is 0 Å². The summed E-state index contributed by atoms with van der Waals surface area (Å²) in [6, 6.07) is 18.7. The molecule has 6 nitrogen and oxygen atoms in total. The molecule has 2 aromatic heterocycles. The number of aryl methyl sites for hydroxylation is 1. The number of hydrogen-bond acceptors (Lipinski definition) is 4. The van der Waals surface area contributed by atoms with Crippen LogP contribution in [0.15, 0.2) is 66.9 Å². The molecule has 0 aliphatic rings. The van der Waals surface area contributed by atoms with E-state index in [9.17, 15) is 9.59 Å². The molecule has 4 aromatic rings. The van der Waals surface area contributed by atoms with E-state index in [0.717, 1.165) is 46.8 Å². The van der Waals surface area contributed by atoms with E-state index in [0.29, 0.717) is 6.42 Å². The molecular weight excluding hydrogens is 402 g/mol. The maximum absolute atomic E-state index is 13.0. The highest BCUT2D eigenvalue weighted by Crippen LogP contribution is 2.29. The monoisotopic (exact) mass is 429 g/mol. The molecule has 0 fully saturated rings. The van der Waals surface area contributed by atoms with E-state index in [1.54, 1.807) is 6.20 Å². The number of hydrogen-bond donors (Lipinski definition) is 1. The van der Waals surface area contributed by atoms with Crippen molar-refractivity contribution in [2.24, 2.45) is 0 Å². The van der Waals surface area contributed by atoms with Crippen LogP contribution in [0.2, 0.25) is 0 Å². The number of benzene rings is 2. The van der Waals surface area contributed by atoms with Crippen molar-refractivity contribution in [3.05, 3.63) is 78.1 Å². The molecule has 0 radical (unpaired) electrons. The number of aromatic nitrogens is 2. The van der Waals surface area contributed by atoms with Gasteiger partial charge in [0.15, 0.2) is 0 Å². The number of amides is 1. The first kappa shape index (κ1) is 21.6. The summed E-state index contributed by atoms with van der Waals surface area (Å²) < 4.78 is 7.17. The molecule has 0 unspecified atom stereocenters. The van der Waals surface area contributed by atoms with Gasteiger partial charge >= 0.3 is 5.97 Å². The van der Waals surface area contributed by atoms with Crippen LogP contribution in [-0.4, -0.2) is 34.6 Å². The number of unbranched alkanes of at least 4 members (excludes halogenated alkanes) is 1. The van der Waals surface area contributed by atoms with E-state index < -0.39 is 17.9 Å². The number of rotatable bonds is 8. The van der Waals surface area contributed by atoms with Crippen LogP contribution in [0, 0.1) is 0 Å². The summed E-state index contributed by atoms with van der Waals surface area (Å²) in [7, 11) is 1.32. The molecular formula is C26H27N3O3. The van der Waals surface area contributed by atoms with Crippen LogP contribution in [0.1, 0.15) is 35.8 Å². The standard InChI is InChI=1S/C26H27N3O3/c1-3-4-14-29-23-13-9-8-12-19(23)20-16-21(27-17-24(20)29)25(30)28-22(26(31)32-2)15-18-10-6-5-7-11-18/h5-13,16-17,22H,3-4,14-15H2,1-2H3,(H,28,30)/t22-/m0/s1. The molecule has 32 heavy (non-hydrogen) atoms. The van der Waals surface area contributed by atoms with Crippen LogP contribution in [0.25, 0.3) is 21.8 Å². The minimum absolute atomic E-state index is 0.276. The first-order valence-electron chi connectivity index (χ1n) is 10.9. The summed E-state index contributed by atoms with van der Waals surface area (Å²) in [5.74, 6) is -0.886. The van der Waals surface area contributed by atoms with Gasteiger partial charge in [0.05, 0.1) is 18.8 Å². The maximum Gasteiger partial charge on any atom is 0.328 e. The Kier molecular flexibility index (Phi) is 6.50. The lowest BCUT2D eigenvalue weighted by atomic mass is 10.1. The summed E-state index contributed by atoms with van der Waals surface area (Å²) in [4.78, 5) is 29.8. The molecule has 2 heterocycles. The topological polar surface area (TPSA) is 73.2 Å². The highest BCUT2D eigenvalue weighted by molar-refractivity contribution is 6.10. The van der Waals surface area contributed by atoms with Gasteiger partial charge in [-0.2, -0.15) is 0 Å². The lowest BCUT2D eigenvalue weighted by Gasteiger charge is -2.16. The lowest BCUT2D eigenvalue weighted by Crippen LogP contribution is -2.43. The Morgan fingerprint density at radius 1 is 1.03 bits per heavy atom. The first-order chi connectivity index (χ1) is 15.6. The number of methoxy groups -OCH3 is 1. The van der Waals surface area contributed by atoms with Crippen molar-refractivity contribution in [1.82, 2.24) is 14.9 Å². The zero-order valence-corrected chi connectivity index (χ0v) is 18.4. The van der Waals surface area contributed by atoms with Gasteiger partial charge in [-0.15, -0.1) is 0 Å². The molecule has 4 rings (SSSR count). The van der Waals surface area contributed by atoms with E-state index >= 15 is 0 Å². The van der Waals surface area contributed by atoms with Gasteiger partial charge in [0.25, 0.3) is 5.91 Å². The molecule has 1 N–H and O–H groups in total. The lowest BCUT2D eigenvalue weighted by molar-refractivity contribution is -0.142. The number of nitrogens with one attached hydrogen (secondary N) is 1. The second kappa shape index (κ2) is 9.64. The van der Waals surface area contributed by atoms with Crippen molar-refractivity contribution >= 4 is 33.7 Å². The number of para-hydroxylation sites is 1. The van der Waals surface area contributed by atoms with Gasteiger partial charge < -0.3 is 14.6 Å². The highest BCUT2D eigenvalue weighted by Gasteiger charge is 2.24. The van der Waals surface area contributed by atoms with E-state index in [4.69, 9.17) is 4.74 Å². The Morgan fingerprint density at radius 3 is 2.53 bits per heavy atom. The molecule has 1 amide bonds. The van der Waals surface area contributed by atoms with E-state index in [-0.39, 0.29) is 5.69 Å². The number of nitrogens with zero attached hydrogens (tertiary/aromatic N) is 2. The quantitative estimate of drug-likeness (QED) is 0.419. The predicted octanol–water partition coefficient (Wildman–Crippen LogP) is 4.50. The third kappa shape index (κ3) is 4.35. The number of ether oxygens (including phenoxy) is 1. The van der Waals surface area contributed by atoms with Gasteiger partial charge in [-0.05, 0) is 24.1 Å². The number of esters is 1. The molecule has 0 bridgehead atoms. The fourth-order valence-electron chi connectivity index (χ4n) is 4.04. The van der Waals surface area contributed by atoms with Gasteiger partial charge in [-0.25, -0.2) is 9.78 Å². The van der Waals surface area contributed by atoms with Crippen LogP contribution in [0.3, 0.4) is 0 Å². The predicted molar refractivity (Wildman–Crippen MR) is 126 cm³/mol. The van der Waals surface area contributed by atoms with Crippen LogP contribution in [0.5, 0.6) is 0 Å². The Balaban J connectivity index is 1.65. The molecule has 2 aromatic carbocycles. The zero-order valence-electron chi connectivity index (χ0n) is 18.4. The van der Waals surface area contributed by atoms with Gasteiger partial charge in [-0.1, -0.05) is 61.9 Å². The molecule has 1 atom stereocenters. The minimum atomic E-state index is -0.793. The fourth-order valence-corrected chi connectivity index (χ4v) is 4.04. The van der Waals surface area contributed by atoms with Crippen molar-refractivity contribution in [1.29, 1.82) is 0 Å². The summed E-state index contributed by atoms with van der Waals surface area (Å²) in [6.45, 7) is 3.07. The van der Waals surface area contributed by atoms with Crippen molar-refractivity contribution < 1.29 is 14.3 Å². The Bertz CT molecular complexity index is 1250. The van der Waals surface area contributed by atoms with Gasteiger partial charge in [0.2, 0.25) is 0 Å². The smallest absolute Gasteiger partial charge is 0.328 e. The molecule has 6 heteroatoms. The van der Waals surface area contributed by atoms with E-state index in [2.05, 4.69) is 33.9 Å². The number of fused-ring (bicyclic) bond motifs is 3. The van der Waals surface area contributed by atoms with Crippen molar-refractivity contribution in [2.45, 2.75) is 38.8 Å². The number of carbonyl (C=O) groups is 2. The summed E-state index contributed by atoms with van der Waals surface area (Å²) >= 11 is 0. The average molecular weight is 430 g/mol. The Labute approximate surface area is 187 Å². The zero-order chi connectivity index (χ0) is 22.5. The maximum atomic E-state index is 13.0. The van der Waals surface area contributed by atoms with Crippen LogP contribution in [-0.2, 0) is 22.5 Å².